The fourth-order valence-corrected chi connectivity index (χ4v) is 2.85. The van der Waals surface area contributed by atoms with Gasteiger partial charge in [0.2, 0.25) is 5.91 Å². The van der Waals surface area contributed by atoms with E-state index in [1.165, 1.54) is 7.11 Å². The van der Waals surface area contributed by atoms with Crippen LogP contribution in [0.25, 0.3) is 0 Å². The van der Waals surface area contributed by atoms with Gasteiger partial charge < -0.3 is 20.7 Å². The summed E-state index contributed by atoms with van der Waals surface area (Å²) >= 11 is 0. The fourth-order valence-electron chi connectivity index (χ4n) is 2.85. The molecule has 0 aliphatic heterocycles. The number of benzene rings is 2. The molecule has 6 heteroatoms. The van der Waals surface area contributed by atoms with Gasteiger partial charge in [0.25, 0.3) is 5.91 Å². The molecule has 0 fully saturated rings. The van der Waals surface area contributed by atoms with Gasteiger partial charge in [-0.2, -0.15) is 0 Å². The first-order chi connectivity index (χ1) is 13.8. The summed E-state index contributed by atoms with van der Waals surface area (Å²) in [7, 11) is 1.49. The molecule has 0 aliphatic carbocycles. The number of amides is 2. The summed E-state index contributed by atoms with van der Waals surface area (Å²) in [5, 5.41) is 9.01. The lowest BCUT2D eigenvalue weighted by Gasteiger charge is -2.19. The maximum absolute atomic E-state index is 12.7. The summed E-state index contributed by atoms with van der Waals surface area (Å²) in [6, 6.07) is 14.7. The van der Waals surface area contributed by atoms with Gasteiger partial charge in [-0.1, -0.05) is 38.1 Å². The minimum absolute atomic E-state index is 0.122. The molecular formula is C23H31N3O3. The van der Waals surface area contributed by atoms with Crippen LogP contribution in [0.3, 0.4) is 0 Å². The summed E-state index contributed by atoms with van der Waals surface area (Å²) in [5.41, 5.74) is 3.35. The maximum atomic E-state index is 12.7. The molecule has 2 aromatic carbocycles. The Hall–Kier alpha value is -2.86. The normalized spacial score (nSPS) is 13.8. The van der Waals surface area contributed by atoms with Gasteiger partial charge in [-0.05, 0) is 56.0 Å². The van der Waals surface area contributed by atoms with E-state index >= 15 is 0 Å². The molecule has 0 bridgehead atoms. The Bertz CT molecular complexity index is 838. The quantitative estimate of drug-likeness (QED) is 0.577. The van der Waals surface area contributed by atoms with E-state index in [-0.39, 0.29) is 11.8 Å². The van der Waals surface area contributed by atoms with Gasteiger partial charge in [0.1, 0.15) is 12.1 Å². The zero-order chi connectivity index (χ0) is 21.4. The Balaban J connectivity index is 2.03. The first-order valence-electron chi connectivity index (χ1n) is 9.95. The Morgan fingerprint density at radius 1 is 0.931 bits per heavy atom. The molecule has 29 heavy (non-hydrogen) atoms. The molecule has 156 valence electrons. The predicted molar refractivity (Wildman–Crippen MR) is 118 cm³/mol. The monoisotopic (exact) mass is 397 g/mol. The molecule has 0 heterocycles. The van der Waals surface area contributed by atoms with Crippen LogP contribution in [-0.2, 0) is 14.3 Å². The Morgan fingerprint density at radius 2 is 1.62 bits per heavy atom. The van der Waals surface area contributed by atoms with Gasteiger partial charge in [0.05, 0.1) is 0 Å². The van der Waals surface area contributed by atoms with Crippen LogP contribution >= 0.6 is 0 Å². The van der Waals surface area contributed by atoms with Crippen molar-refractivity contribution in [3.05, 3.63) is 54.1 Å². The van der Waals surface area contributed by atoms with Crippen LogP contribution in [0.15, 0.2) is 48.5 Å². The number of nitrogens with one attached hydrogen (secondary N) is 3. The molecule has 3 N–H and O–H groups in total. The van der Waals surface area contributed by atoms with Crippen molar-refractivity contribution < 1.29 is 14.3 Å². The minimum Gasteiger partial charge on any atom is -0.374 e. The average molecular weight is 398 g/mol. The molecule has 0 saturated carbocycles. The third-order valence-corrected chi connectivity index (χ3v) is 4.99. The van der Waals surface area contributed by atoms with Crippen LogP contribution in [0.4, 0.5) is 17.1 Å². The lowest BCUT2D eigenvalue weighted by Crippen LogP contribution is -2.32. The average Bonchev–Trinajstić information content (AvgIpc) is 2.73. The van der Waals surface area contributed by atoms with Crippen molar-refractivity contribution in [2.45, 2.75) is 52.2 Å². The van der Waals surface area contributed by atoms with Crippen molar-refractivity contribution in [1.82, 2.24) is 0 Å². The van der Waals surface area contributed by atoms with E-state index in [2.05, 4.69) is 35.9 Å². The molecule has 2 aromatic rings. The van der Waals surface area contributed by atoms with Crippen molar-refractivity contribution >= 4 is 28.9 Å². The molecule has 3 unspecified atom stereocenters. The van der Waals surface area contributed by atoms with Crippen molar-refractivity contribution in [3.8, 4) is 0 Å². The minimum atomic E-state index is -0.540. The molecule has 0 spiro atoms. The molecule has 6 nitrogen and oxygen atoms in total. The largest absolute Gasteiger partial charge is 0.374 e. The van der Waals surface area contributed by atoms with Gasteiger partial charge in [-0.3, -0.25) is 9.59 Å². The van der Waals surface area contributed by atoms with Gasteiger partial charge in [0.15, 0.2) is 0 Å². The molecule has 0 saturated heterocycles. The molecule has 2 amide bonds. The number of hydrogen-bond donors (Lipinski definition) is 3. The number of hydrogen-bond acceptors (Lipinski definition) is 4. The van der Waals surface area contributed by atoms with E-state index < -0.39 is 12.1 Å². The standard InChI is InChI=1S/C23H31N3O3/c1-6-15(2)20-12-7-8-13-21(20)26-22(27)16(3)24-18-10-9-11-19(14-18)25-23(28)17(4)29-5/h7-17,24H,6H2,1-5H3,(H,25,28)(H,26,27). The van der Waals surface area contributed by atoms with E-state index in [4.69, 9.17) is 4.74 Å². The third kappa shape index (κ3) is 6.32. The lowest BCUT2D eigenvalue weighted by molar-refractivity contribution is -0.124. The maximum Gasteiger partial charge on any atom is 0.253 e. The van der Waals surface area contributed by atoms with Crippen LogP contribution in [0, 0.1) is 0 Å². The van der Waals surface area contributed by atoms with Crippen LogP contribution in [0.5, 0.6) is 0 Å². The Kier molecular flexibility index (Phi) is 8.21. The summed E-state index contributed by atoms with van der Waals surface area (Å²) in [5.74, 6) is 0.0184. The summed E-state index contributed by atoms with van der Waals surface area (Å²) in [6.07, 6.45) is 0.461. The van der Waals surface area contributed by atoms with E-state index in [0.717, 1.165) is 23.4 Å². The summed E-state index contributed by atoms with van der Waals surface area (Å²) in [4.78, 5) is 24.7. The van der Waals surface area contributed by atoms with Gasteiger partial charge >= 0.3 is 0 Å². The highest BCUT2D eigenvalue weighted by molar-refractivity contribution is 5.97. The topological polar surface area (TPSA) is 79.5 Å². The Morgan fingerprint density at radius 3 is 2.31 bits per heavy atom. The van der Waals surface area contributed by atoms with E-state index in [1.807, 2.05) is 30.3 Å². The highest BCUT2D eigenvalue weighted by atomic mass is 16.5. The Labute approximate surface area is 173 Å². The van der Waals surface area contributed by atoms with E-state index in [1.54, 1.807) is 26.0 Å². The fraction of sp³-hybridized carbons (Fsp3) is 0.391. The number of anilines is 3. The number of methoxy groups -OCH3 is 1. The number of ether oxygens (including phenoxy) is 1. The summed E-state index contributed by atoms with van der Waals surface area (Å²) < 4.78 is 5.02. The van der Waals surface area contributed by atoms with Crippen LogP contribution in [-0.4, -0.2) is 31.1 Å². The molecule has 0 aromatic heterocycles. The SMILES string of the molecule is CCC(C)c1ccccc1NC(=O)C(C)Nc1cccc(NC(=O)C(C)OC)c1. The van der Waals surface area contributed by atoms with Crippen LogP contribution in [0.2, 0.25) is 0 Å². The van der Waals surface area contributed by atoms with E-state index in [0.29, 0.717) is 11.6 Å². The lowest BCUT2D eigenvalue weighted by atomic mass is 9.97. The first kappa shape index (κ1) is 22.4. The highest BCUT2D eigenvalue weighted by Crippen LogP contribution is 2.26. The second-order valence-corrected chi connectivity index (χ2v) is 7.20. The smallest absolute Gasteiger partial charge is 0.253 e. The second kappa shape index (κ2) is 10.6. The first-order valence-corrected chi connectivity index (χ1v) is 9.95. The predicted octanol–water partition coefficient (Wildman–Crippen LogP) is 4.61. The van der Waals surface area contributed by atoms with Crippen molar-refractivity contribution in [3.63, 3.8) is 0 Å². The zero-order valence-electron chi connectivity index (χ0n) is 17.8. The third-order valence-electron chi connectivity index (χ3n) is 4.99. The van der Waals surface area contributed by atoms with E-state index in [9.17, 15) is 9.59 Å². The zero-order valence-corrected chi connectivity index (χ0v) is 17.8. The van der Waals surface area contributed by atoms with Crippen LogP contribution < -0.4 is 16.0 Å². The molecule has 0 radical (unpaired) electrons. The number of carbonyl (C=O) groups is 2. The second-order valence-electron chi connectivity index (χ2n) is 7.20. The van der Waals surface area contributed by atoms with Gasteiger partial charge in [0, 0.05) is 24.2 Å². The van der Waals surface area contributed by atoms with Crippen molar-refractivity contribution in [1.29, 1.82) is 0 Å². The molecule has 3 atom stereocenters. The van der Waals surface area contributed by atoms with Crippen LogP contribution in [0.1, 0.15) is 45.6 Å². The van der Waals surface area contributed by atoms with Gasteiger partial charge in [-0.15, -0.1) is 0 Å². The van der Waals surface area contributed by atoms with Gasteiger partial charge in [-0.25, -0.2) is 0 Å². The number of carbonyl (C=O) groups excluding carboxylic acids is 2. The number of rotatable bonds is 9. The summed E-state index contributed by atoms with van der Waals surface area (Å²) in [6.45, 7) is 7.77. The highest BCUT2D eigenvalue weighted by Gasteiger charge is 2.17. The molecular weight excluding hydrogens is 366 g/mol. The van der Waals surface area contributed by atoms with Crippen molar-refractivity contribution in [2.75, 3.05) is 23.1 Å². The number of para-hydroxylation sites is 1. The van der Waals surface area contributed by atoms with Crippen molar-refractivity contribution in [2.24, 2.45) is 0 Å². The molecule has 2 rings (SSSR count). The molecule has 0 aliphatic rings.